The number of hydrogen-bond acceptors (Lipinski definition) is 2. The first kappa shape index (κ1) is 25.3. The molecule has 0 radical (unpaired) electrons. The van der Waals surface area contributed by atoms with E-state index in [2.05, 4.69) is 47.6 Å². The van der Waals surface area contributed by atoms with E-state index in [4.69, 9.17) is 4.74 Å². The Hall–Kier alpha value is -0.790. The van der Waals surface area contributed by atoms with Crippen molar-refractivity contribution in [2.45, 2.75) is 119 Å². The number of allylic oxidation sites excluding steroid dienone is 2. The van der Waals surface area contributed by atoms with Crippen LogP contribution in [0.3, 0.4) is 0 Å². The molecule has 0 saturated heterocycles. The van der Waals surface area contributed by atoms with Crippen molar-refractivity contribution in [1.82, 2.24) is 0 Å². The van der Waals surface area contributed by atoms with Crippen LogP contribution in [0.4, 0.5) is 0 Å². The smallest absolute Gasteiger partial charge is 0.309 e. The highest BCUT2D eigenvalue weighted by Crippen LogP contribution is 2.67. The van der Waals surface area contributed by atoms with Crippen LogP contribution < -0.4 is 0 Å². The van der Waals surface area contributed by atoms with Gasteiger partial charge in [0.25, 0.3) is 0 Å². The van der Waals surface area contributed by atoms with Crippen molar-refractivity contribution in [3.8, 4) is 0 Å². The van der Waals surface area contributed by atoms with Crippen LogP contribution in [0.5, 0.6) is 0 Å². The van der Waals surface area contributed by atoms with Crippen LogP contribution in [-0.4, -0.2) is 12.6 Å². The molecule has 0 bridgehead atoms. The first-order valence-electron chi connectivity index (χ1n) is 14.6. The molecule has 33 heavy (non-hydrogen) atoms. The highest BCUT2D eigenvalue weighted by atomic mass is 16.5. The molecule has 3 saturated carbocycles. The fraction of sp³-hybridized carbons (Fsp3) is 0.903. The quantitative estimate of drug-likeness (QED) is 0.270. The lowest BCUT2D eigenvalue weighted by atomic mass is 9.46. The van der Waals surface area contributed by atoms with Gasteiger partial charge in [-0.15, -0.1) is 0 Å². The fourth-order valence-electron chi connectivity index (χ4n) is 9.21. The maximum absolute atomic E-state index is 12.6. The lowest BCUT2D eigenvalue weighted by molar-refractivity contribution is -0.150. The summed E-state index contributed by atoms with van der Waals surface area (Å²) in [5.74, 6) is 5.42. The van der Waals surface area contributed by atoms with E-state index in [1.165, 1.54) is 57.8 Å². The molecule has 0 amide bonds. The third-order valence-corrected chi connectivity index (χ3v) is 11.1. The lowest BCUT2D eigenvalue weighted by Gasteiger charge is -2.58. The normalized spacial score (nSPS) is 41.1. The Kier molecular flexibility index (Phi) is 7.72. The Bertz CT molecular complexity index is 722. The van der Waals surface area contributed by atoms with Gasteiger partial charge in [0.05, 0.1) is 12.5 Å². The minimum atomic E-state index is 0.0585. The van der Waals surface area contributed by atoms with Crippen LogP contribution >= 0.6 is 0 Å². The maximum Gasteiger partial charge on any atom is 0.309 e. The van der Waals surface area contributed by atoms with E-state index in [0.29, 0.717) is 17.4 Å². The zero-order valence-electron chi connectivity index (χ0n) is 22.6. The maximum atomic E-state index is 12.6. The van der Waals surface area contributed by atoms with E-state index in [1.807, 2.05) is 0 Å². The monoisotopic (exact) mass is 456 g/mol. The van der Waals surface area contributed by atoms with Gasteiger partial charge in [0.15, 0.2) is 0 Å². The number of fused-ring (bicyclic) bond motifs is 5. The number of carbonyl (C=O) groups is 1. The van der Waals surface area contributed by atoms with Gasteiger partial charge in [-0.3, -0.25) is 4.79 Å². The molecule has 0 aromatic heterocycles. The van der Waals surface area contributed by atoms with Crippen LogP contribution in [0, 0.1) is 52.3 Å². The molecule has 2 nitrogen and oxygen atoms in total. The summed E-state index contributed by atoms with van der Waals surface area (Å²) >= 11 is 0. The molecule has 8 unspecified atom stereocenters. The van der Waals surface area contributed by atoms with Gasteiger partial charge in [0.2, 0.25) is 0 Å². The molecule has 0 spiro atoms. The average molecular weight is 457 g/mol. The van der Waals surface area contributed by atoms with Crippen molar-refractivity contribution in [2.24, 2.45) is 52.3 Å². The van der Waals surface area contributed by atoms with Gasteiger partial charge in [0, 0.05) is 0 Å². The molecular weight excluding hydrogens is 404 g/mol. The molecule has 2 heteroatoms. The molecule has 4 aliphatic rings. The lowest BCUT2D eigenvalue weighted by Crippen LogP contribution is -2.50. The molecule has 0 aromatic carbocycles. The SMILES string of the molecule is CCCOC(=O)C1CCC2(C)C(=CCC3C2CCC2(C)C(C(C)CCCC(C)C)CCC32)C1. The predicted molar refractivity (Wildman–Crippen MR) is 138 cm³/mol. The minimum absolute atomic E-state index is 0.0585. The van der Waals surface area contributed by atoms with Gasteiger partial charge in [0.1, 0.15) is 0 Å². The largest absolute Gasteiger partial charge is 0.465 e. The van der Waals surface area contributed by atoms with Gasteiger partial charge < -0.3 is 4.74 Å². The van der Waals surface area contributed by atoms with Crippen molar-refractivity contribution < 1.29 is 9.53 Å². The van der Waals surface area contributed by atoms with E-state index in [1.54, 1.807) is 5.57 Å². The Labute approximate surface area is 204 Å². The van der Waals surface area contributed by atoms with Gasteiger partial charge >= 0.3 is 5.97 Å². The highest BCUT2D eigenvalue weighted by molar-refractivity contribution is 5.73. The van der Waals surface area contributed by atoms with Crippen molar-refractivity contribution >= 4 is 5.97 Å². The van der Waals surface area contributed by atoms with Gasteiger partial charge in [-0.2, -0.15) is 0 Å². The van der Waals surface area contributed by atoms with Gasteiger partial charge in [-0.25, -0.2) is 0 Å². The van der Waals surface area contributed by atoms with Gasteiger partial charge in [-0.1, -0.05) is 72.5 Å². The molecule has 8 atom stereocenters. The Morgan fingerprint density at radius 3 is 2.58 bits per heavy atom. The molecule has 0 heterocycles. The molecule has 3 fully saturated rings. The summed E-state index contributed by atoms with van der Waals surface area (Å²) < 4.78 is 5.53. The molecule has 0 N–H and O–H groups in total. The molecular formula is C31H52O2. The Balaban J connectivity index is 1.45. The summed E-state index contributed by atoms with van der Waals surface area (Å²) in [5.41, 5.74) is 2.49. The third-order valence-electron chi connectivity index (χ3n) is 11.1. The van der Waals surface area contributed by atoms with E-state index in [0.717, 1.165) is 54.8 Å². The van der Waals surface area contributed by atoms with E-state index in [-0.39, 0.29) is 11.9 Å². The number of ether oxygens (including phenoxy) is 1. The first-order chi connectivity index (χ1) is 15.7. The molecule has 188 valence electrons. The summed E-state index contributed by atoms with van der Waals surface area (Å²) in [5, 5.41) is 0. The highest BCUT2D eigenvalue weighted by Gasteiger charge is 2.59. The van der Waals surface area contributed by atoms with Crippen molar-refractivity contribution in [1.29, 1.82) is 0 Å². The van der Waals surface area contributed by atoms with E-state index >= 15 is 0 Å². The third kappa shape index (κ3) is 4.71. The summed E-state index contributed by atoms with van der Waals surface area (Å²) in [7, 11) is 0. The Morgan fingerprint density at radius 1 is 1.06 bits per heavy atom. The number of esters is 1. The van der Waals surface area contributed by atoms with Crippen LogP contribution in [0.1, 0.15) is 119 Å². The fourth-order valence-corrected chi connectivity index (χ4v) is 9.21. The molecule has 4 aliphatic carbocycles. The summed E-state index contributed by atoms with van der Waals surface area (Å²) in [6.07, 6.45) is 17.9. The second kappa shape index (κ2) is 10.1. The van der Waals surface area contributed by atoms with Crippen LogP contribution in [-0.2, 0) is 9.53 Å². The van der Waals surface area contributed by atoms with Crippen LogP contribution in [0.25, 0.3) is 0 Å². The average Bonchev–Trinajstić information content (AvgIpc) is 3.13. The van der Waals surface area contributed by atoms with Crippen LogP contribution in [0.2, 0.25) is 0 Å². The van der Waals surface area contributed by atoms with Crippen molar-refractivity contribution in [2.75, 3.05) is 6.61 Å². The zero-order valence-corrected chi connectivity index (χ0v) is 22.6. The standard InChI is InChI=1S/C31H52O2/c1-7-19-33-29(32)23-15-17-30(5)24(20-23)11-12-25-27-14-13-26(22(4)10-8-9-21(2)3)31(27,6)18-16-28(25)30/h11,21-23,25-28H,7-10,12-20H2,1-6H3. The second-order valence-electron chi connectivity index (χ2n) is 13.4. The molecule has 0 aliphatic heterocycles. The minimum Gasteiger partial charge on any atom is -0.465 e. The topological polar surface area (TPSA) is 26.3 Å². The summed E-state index contributed by atoms with van der Waals surface area (Å²) in [4.78, 5) is 12.6. The van der Waals surface area contributed by atoms with Gasteiger partial charge in [-0.05, 0) is 104 Å². The first-order valence-corrected chi connectivity index (χ1v) is 14.6. The second-order valence-corrected chi connectivity index (χ2v) is 13.4. The van der Waals surface area contributed by atoms with Crippen molar-refractivity contribution in [3.05, 3.63) is 11.6 Å². The zero-order chi connectivity index (χ0) is 23.8. The van der Waals surface area contributed by atoms with E-state index in [9.17, 15) is 4.79 Å². The summed E-state index contributed by atoms with van der Waals surface area (Å²) in [6, 6.07) is 0. The summed E-state index contributed by atoms with van der Waals surface area (Å²) in [6.45, 7) is 15.2. The number of carbonyl (C=O) groups excluding carboxylic acids is 1. The molecule has 4 rings (SSSR count). The Morgan fingerprint density at radius 2 is 1.85 bits per heavy atom. The molecule has 0 aromatic rings. The van der Waals surface area contributed by atoms with Crippen LogP contribution in [0.15, 0.2) is 11.6 Å². The van der Waals surface area contributed by atoms with E-state index < -0.39 is 0 Å². The van der Waals surface area contributed by atoms with Crippen molar-refractivity contribution in [3.63, 3.8) is 0 Å². The number of hydrogen-bond donors (Lipinski definition) is 0. The number of rotatable bonds is 8. The predicted octanol–water partition coefficient (Wildman–Crippen LogP) is 8.60.